The molecular weight excluding hydrogens is 216 g/mol. The van der Waals surface area contributed by atoms with Crippen LogP contribution in [0.1, 0.15) is 32.3 Å². The molecule has 0 aromatic heterocycles. The molecule has 0 saturated carbocycles. The molecule has 0 aliphatic rings. The quantitative estimate of drug-likeness (QED) is 0.610. The zero-order valence-corrected chi connectivity index (χ0v) is 10.4. The third-order valence-corrected chi connectivity index (χ3v) is 3.03. The van der Waals surface area contributed by atoms with E-state index in [9.17, 15) is 10.1 Å². The molecule has 0 spiro atoms. The minimum atomic E-state index is -0.322. The lowest BCUT2D eigenvalue weighted by molar-refractivity contribution is -0.385. The fraction of sp³-hybridized carbons (Fsp3) is 0.538. The molecule has 0 radical (unpaired) electrons. The van der Waals surface area contributed by atoms with Crippen LogP contribution in [-0.4, -0.2) is 11.0 Å². The Bertz CT molecular complexity index is 377. The third kappa shape index (κ3) is 4.15. The summed E-state index contributed by atoms with van der Waals surface area (Å²) in [7, 11) is 0. The van der Waals surface area contributed by atoms with Crippen molar-refractivity contribution >= 4 is 5.69 Å². The number of nitrogens with zero attached hydrogens (tertiary/aromatic N) is 1. The number of nitro benzene ring substituents is 1. The first-order valence-electron chi connectivity index (χ1n) is 6.00. The molecule has 0 saturated heterocycles. The van der Waals surface area contributed by atoms with E-state index in [1.807, 2.05) is 12.1 Å². The van der Waals surface area contributed by atoms with Crippen LogP contribution in [0.5, 0.6) is 0 Å². The first-order valence-corrected chi connectivity index (χ1v) is 6.00. The van der Waals surface area contributed by atoms with E-state index in [0.717, 1.165) is 24.8 Å². The molecule has 17 heavy (non-hydrogen) atoms. The van der Waals surface area contributed by atoms with Gasteiger partial charge in [0.25, 0.3) is 5.69 Å². The summed E-state index contributed by atoms with van der Waals surface area (Å²) in [6.45, 7) is 4.19. The molecule has 1 rings (SSSR count). The second-order valence-corrected chi connectivity index (χ2v) is 4.69. The molecule has 0 aliphatic heterocycles. The van der Waals surface area contributed by atoms with Gasteiger partial charge in [0.15, 0.2) is 0 Å². The lowest BCUT2D eigenvalue weighted by Gasteiger charge is -2.14. The van der Waals surface area contributed by atoms with Crippen molar-refractivity contribution in [3.63, 3.8) is 0 Å². The standard InChI is InChI=1S/C13H20N2O2/c1-10(2)12(14)8-5-7-11-6-3-4-9-13(11)15(16)17/h3-4,6,9-10,12H,5,7-8,14H2,1-2H3. The molecule has 94 valence electrons. The number of aryl methyl sites for hydroxylation is 1. The molecule has 1 aromatic rings. The van der Waals surface area contributed by atoms with E-state index in [4.69, 9.17) is 5.73 Å². The van der Waals surface area contributed by atoms with E-state index in [-0.39, 0.29) is 16.7 Å². The number of benzene rings is 1. The van der Waals surface area contributed by atoms with Crippen LogP contribution < -0.4 is 5.73 Å². The molecular formula is C13H20N2O2. The summed E-state index contributed by atoms with van der Waals surface area (Å²) in [5.41, 5.74) is 6.96. The summed E-state index contributed by atoms with van der Waals surface area (Å²) in [6, 6.07) is 7.08. The second-order valence-electron chi connectivity index (χ2n) is 4.69. The van der Waals surface area contributed by atoms with Gasteiger partial charge in [-0.25, -0.2) is 0 Å². The Labute approximate surface area is 102 Å². The highest BCUT2D eigenvalue weighted by atomic mass is 16.6. The maximum absolute atomic E-state index is 10.8. The van der Waals surface area contributed by atoms with Gasteiger partial charge in [0, 0.05) is 17.7 Å². The van der Waals surface area contributed by atoms with Gasteiger partial charge in [-0.1, -0.05) is 32.0 Å². The van der Waals surface area contributed by atoms with E-state index >= 15 is 0 Å². The van der Waals surface area contributed by atoms with Crippen molar-refractivity contribution in [1.29, 1.82) is 0 Å². The summed E-state index contributed by atoms with van der Waals surface area (Å²) in [5, 5.41) is 10.8. The zero-order chi connectivity index (χ0) is 12.8. The van der Waals surface area contributed by atoms with Gasteiger partial charge in [0.05, 0.1) is 4.92 Å². The van der Waals surface area contributed by atoms with Gasteiger partial charge in [-0.2, -0.15) is 0 Å². The lowest BCUT2D eigenvalue weighted by atomic mass is 9.97. The maximum atomic E-state index is 10.8. The highest BCUT2D eigenvalue weighted by Crippen LogP contribution is 2.20. The lowest BCUT2D eigenvalue weighted by Crippen LogP contribution is -2.26. The smallest absolute Gasteiger partial charge is 0.272 e. The van der Waals surface area contributed by atoms with Crippen molar-refractivity contribution in [2.45, 2.75) is 39.2 Å². The Hall–Kier alpha value is -1.42. The largest absolute Gasteiger partial charge is 0.327 e. The predicted molar refractivity (Wildman–Crippen MR) is 68.8 cm³/mol. The molecule has 0 amide bonds. The molecule has 4 nitrogen and oxygen atoms in total. The van der Waals surface area contributed by atoms with Crippen LogP contribution >= 0.6 is 0 Å². The van der Waals surface area contributed by atoms with Gasteiger partial charge in [-0.15, -0.1) is 0 Å². The van der Waals surface area contributed by atoms with Crippen molar-refractivity contribution in [2.24, 2.45) is 11.7 Å². The molecule has 4 heteroatoms. The topological polar surface area (TPSA) is 69.2 Å². The van der Waals surface area contributed by atoms with E-state index in [2.05, 4.69) is 13.8 Å². The molecule has 0 aliphatic carbocycles. The summed E-state index contributed by atoms with van der Waals surface area (Å²) >= 11 is 0. The highest BCUT2D eigenvalue weighted by Gasteiger charge is 2.13. The Balaban J connectivity index is 2.55. The number of nitrogens with two attached hydrogens (primary N) is 1. The normalized spacial score (nSPS) is 12.7. The third-order valence-electron chi connectivity index (χ3n) is 3.03. The van der Waals surface area contributed by atoms with Crippen molar-refractivity contribution in [3.05, 3.63) is 39.9 Å². The minimum Gasteiger partial charge on any atom is -0.327 e. The van der Waals surface area contributed by atoms with Crippen LogP contribution in [0.25, 0.3) is 0 Å². The summed E-state index contributed by atoms with van der Waals surface area (Å²) in [4.78, 5) is 10.5. The van der Waals surface area contributed by atoms with Crippen molar-refractivity contribution in [3.8, 4) is 0 Å². The van der Waals surface area contributed by atoms with Gasteiger partial charge < -0.3 is 5.73 Å². The molecule has 0 bridgehead atoms. The average Bonchev–Trinajstić information content (AvgIpc) is 2.29. The predicted octanol–water partition coefficient (Wildman–Crippen LogP) is 2.90. The van der Waals surface area contributed by atoms with Crippen LogP contribution in [0, 0.1) is 16.0 Å². The molecule has 0 heterocycles. The minimum absolute atomic E-state index is 0.178. The summed E-state index contributed by atoms with van der Waals surface area (Å²) < 4.78 is 0. The Morgan fingerprint density at radius 1 is 1.35 bits per heavy atom. The number of rotatable bonds is 6. The highest BCUT2D eigenvalue weighted by molar-refractivity contribution is 5.39. The van der Waals surface area contributed by atoms with Gasteiger partial charge in [0.2, 0.25) is 0 Å². The van der Waals surface area contributed by atoms with Gasteiger partial charge in [0.1, 0.15) is 0 Å². The number of para-hydroxylation sites is 1. The van der Waals surface area contributed by atoms with E-state index < -0.39 is 0 Å². The fourth-order valence-electron chi connectivity index (χ4n) is 1.76. The van der Waals surface area contributed by atoms with Crippen LogP contribution in [0.15, 0.2) is 24.3 Å². The van der Waals surface area contributed by atoms with Crippen molar-refractivity contribution in [2.75, 3.05) is 0 Å². The summed E-state index contributed by atoms with van der Waals surface area (Å²) in [6.07, 6.45) is 2.52. The van der Waals surface area contributed by atoms with Crippen LogP contribution in [0.4, 0.5) is 5.69 Å². The SMILES string of the molecule is CC(C)C(N)CCCc1ccccc1[N+](=O)[O-]. The monoisotopic (exact) mass is 236 g/mol. The van der Waals surface area contributed by atoms with E-state index in [1.54, 1.807) is 12.1 Å². The first-order chi connectivity index (χ1) is 8.02. The van der Waals surface area contributed by atoms with E-state index in [1.165, 1.54) is 0 Å². The second kappa shape index (κ2) is 6.35. The Kier molecular flexibility index (Phi) is 5.10. The molecule has 2 N–H and O–H groups in total. The number of hydrogen-bond donors (Lipinski definition) is 1. The Morgan fingerprint density at radius 3 is 2.59 bits per heavy atom. The van der Waals surface area contributed by atoms with Gasteiger partial charge in [-0.3, -0.25) is 10.1 Å². The average molecular weight is 236 g/mol. The van der Waals surface area contributed by atoms with Crippen LogP contribution in [-0.2, 0) is 6.42 Å². The Morgan fingerprint density at radius 2 is 2.00 bits per heavy atom. The summed E-state index contributed by atoms with van der Waals surface area (Å²) in [5.74, 6) is 0.459. The molecule has 1 atom stereocenters. The van der Waals surface area contributed by atoms with Gasteiger partial charge >= 0.3 is 0 Å². The number of hydrogen-bond acceptors (Lipinski definition) is 3. The van der Waals surface area contributed by atoms with Crippen molar-refractivity contribution in [1.82, 2.24) is 0 Å². The van der Waals surface area contributed by atoms with Crippen LogP contribution in [0.3, 0.4) is 0 Å². The molecule has 1 unspecified atom stereocenters. The molecule has 0 fully saturated rings. The number of nitro groups is 1. The zero-order valence-electron chi connectivity index (χ0n) is 10.4. The van der Waals surface area contributed by atoms with Gasteiger partial charge in [-0.05, 0) is 25.2 Å². The first kappa shape index (κ1) is 13.6. The van der Waals surface area contributed by atoms with Crippen LogP contribution in [0.2, 0.25) is 0 Å². The van der Waals surface area contributed by atoms with Crippen molar-refractivity contribution < 1.29 is 4.92 Å². The molecule has 1 aromatic carbocycles. The van der Waals surface area contributed by atoms with E-state index in [0.29, 0.717) is 5.92 Å². The maximum Gasteiger partial charge on any atom is 0.272 e. The fourth-order valence-corrected chi connectivity index (χ4v) is 1.76.